The molecule has 2 heterocycles. The summed E-state index contributed by atoms with van der Waals surface area (Å²) in [7, 11) is 3.24. The fourth-order valence-corrected chi connectivity index (χ4v) is 4.03. The number of ether oxygens (including phenoxy) is 2. The van der Waals surface area contributed by atoms with Crippen LogP contribution in [0.4, 0.5) is 10.5 Å². The van der Waals surface area contributed by atoms with Crippen molar-refractivity contribution in [1.82, 2.24) is 4.90 Å². The average Bonchev–Trinajstić information content (AvgIpc) is 3.23. The van der Waals surface area contributed by atoms with Gasteiger partial charge in [-0.2, -0.15) is 0 Å². The highest BCUT2D eigenvalue weighted by atomic mass is 32.2. The summed E-state index contributed by atoms with van der Waals surface area (Å²) in [4.78, 5) is 28.1. The Kier molecular flexibility index (Phi) is 5.22. The largest absolute Gasteiger partial charge is 0.496 e. The molecule has 0 atom stereocenters. The Hall–Kier alpha value is -2.15. The minimum Gasteiger partial charge on any atom is -0.496 e. The Balaban J connectivity index is 2.00. The van der Waals surface area contributed by atoms with Crippen LogP contribution in [0.5, 0.6) is 11.5 Å². The van der Waals surface area contributed by atoms with Crippen LogP contribution in [-0.2, 0) is 4.79 Å². The van der Waals surface area contributed by atoms with Crippen LogP contribution in [0.15, 0.2) is 17.0 Å². The van der Waals surface area contributed by atoms with Crippen molar-refractivity contribution < 1.29 is 19.1 Å². The molecule has 0 aliphatic carbocycles. The minimum atomic E-state index is -0.262. The predicted octanol–water partition coefficient (Wildman–Crippen LogP) is 3.36. The Bertz CT molecular complexity index is 726. The molecule has 3 rings (SSSR count). The number of anilines is 1. The van der Waals surface area contributed by atoms with E-state index in [4.69, 9.17) is 9.47 Å². The highest BCUT2D eigenvalue weighted by Crippen LogP contribution is 2.40. The molecule has 2 aliphatic rings. The number of carbonyl (C=O) groups is 2. The SMILES string of the molecule is CCN1C(=O)SC(=Cc2cc(OC)c(N3CCCC3)cc2OC)C1=O. The maximum Gasteiger partial charge on any atom is 0.293 e. The van der Waals surface area contributed by atoms with Crippen LogP contribution in [0.3, 0.4) is 0 Å². The molecule has 25 heavy (non-hydrogen) atoms. The molecule has 0 spiro atoms. The minimum absolute atomic E-state index is 0.238. The van der Waals surface area contributed by atoms with Crippen LogP contribution in [-0.4, -0.2) is 49.9 Å². The lowest BCUT2D eigenvalue weighted by molar-refractivity contribution is -0.122. The first-order valence-electron chi connectivity index (χ1n) is 8.35. The quantitative estimate of drug-likeness (QED) is 0.749. The number of amides is 2. The third-order valence-corrected chi connectivity index (χ3v) is 5.36. The van der Waals surface area contributed by atoms with Gasteiger partial charge in [-0.15, -0.1) is 0 Å². The van der Waals surface area contributed by atoms with Crippen molar-refractivity contribution in [3.05, 3.63) is 22.6 Å². The van der Waals surface area contributed by atoms with Crippen molar-refractivity contribution >= 4 is 34.7 Å². The smallest absolute Gasteiger partial charge is 0.293 e. The molecule has 0 unspecified atom stereocenters. The maximum absolute atomic E-state index is 12.3. The molecule has 0 bridgehead atoms. The predicted molar refractivity (Wildman–Crippen MR) is 99.3 cm³/mol. The molecule has 7 heteroatoms. The van der Waals surface area contributed by atoms with Gasteiger partial charge in [0, 0.05) is 31.3 Å². The van der Waals surface area contributed by atoms with Gasteiger partial charge in [0.05, 0.1) is 24.8 Å². The summed E-state index contributed by atoms with van der Waals surface area (Å²) < 4.78 is 11.1. The molecule has 1 aromatic carbocycles. The fraction of sp³-hybridized carbons (Fsp3) is 0.444. The maximum atomic E-state index is 12.3. The van der Waals surface area contributed by atoms with Crippen molar-refractivity contribution in [1.29, 1.82) is 0 Å². The van der Waals surface area contributed by atoms with Gasteiger partial charge in [-0.25, -0.2) is 0 Å². The molecular formula is C18H22N2O4S. The first-order chi connectivity index (χ1) is 12.1. The number of rotatable bonds is 5. The fourth-order valence-electron chi connectivity index (χ4n) is 3.14. The summed E-state index contributed by atoms with van der Waals surface area (Å²) >= 11 is 0.955. The van der Waals surface area contributed by atoms with Crippen molar-refractivity contribution in [3.8, 4) is 11.5 Å². The number of hydrogen-bond acceptors (Lipinski definition) is 6. The number of thioether (sulfide) groups is 1. The summed E-state index contributed by atoms with van der Waals surface area (Å²) in [5, 5.41) is -0.238. The molecule has 134 valence electrons. The van der Waals surface area contributed by atoms with E-state index < -0.39 is 0 Å². The Morgan fingerprint density at radius 1 is 1.12 bits per heavy atom. The van der Waals surface area contributed by atoms with E-state index in [0.29, 0.717) is 17.2 Å². The van der Waals surface area contributed by atoms with Gasteiger partial charge < -0.3 is 14.4 Å². The molecular weight excluding hydrogens is 340 g/mol. The number of methoxy groups -OCH3 is 2. The van der Waals surface area contributed by atoms with E-state index in [1.165, 1.54) is 4.90 Å². The lowest BCUT2D eigenvalue weighted by Crippen LogP contribution is -2.27. The molecule has 1 aromatic rings. The monoisotopic (exact) mass is 362 g/mol. The highest BCUT2D eigenvalue weighted by molar-refractivity contribution is 8.18. The van der Waals surface area contributed by atoms with E-state index in [2.05, 4.69) is 4.90 Å². The van der Waals surface area contributed by atoms with Crippen LogP contribution in [0.25, 0.3) is 6.08 Å². The second-order valence-corrected chi connectivity index (χ2v) is 6.88. The van der Waals surface area contributed by atoms with Crippen molar-refractivity contribution in [2.45, 2.75) is 19.8 Å². The van der Waals surface area contributed by atoms with Gasteiger partial charge in [-0.05, 0) is 43.7 Å². The van der Waals surface area contributed by atoms with E-state index in [-0.39, 0.29) is 11.1 Å². The van der Waals surface area contributed by atoms with Gasteiger partial charge in [-0.1, -0.05) is 0 Å². The van der Waals surface area contributed by atoms with E-state index in [1.54, 1.807) is 27.2 Å². The third kappa shape index (κ3) is 3.33. The topological polar surface area (TPSA) is 59.1 Å². The molecule has 0 saturated carbocycles. The summed E-state index contributed by atoms with van der Waals surface area (Å²) in [6.07, 6.45) is 4.03. The molecule has 0 aromatic heterocycles. The van der Waals surface area contributed by atoms with E-state index >= 15 is 0 Å². The van der Waals surface area contributed by atoms with Gasteiger partial charge in [0.25, 0.3) is 11.1 Å². The van der Waals surface area contributed by atoms with Gasteiger partial charge in [-0.3, -0.25) is 14.5 Å². The molecule has 0 radical (unpaired) electrons. The molecule has 2 amide bonds. The van der Waals surface area contributed by atoms with Crippen LogP contribution in [0, 0.1) is 0 Å². The molecule has 0 N–H and O–H groups in total. The molecule has 6 nitrogen and oxygen atoms in total. The van der Waals surface area contributed by atoms with Crippen molar-refractivity contribution in [2.24, 2.45) is 0 Å². The van der Waals surface area contributed by atoms with Crippen LogP contribution < -0.4 is 14.4 Å². The first kappa shape index (κ1) is 17.7. The number of likely N-dealkylation sites (N-methyl/N-ethyl adjacent to an activating group) is 1. The Morgan fingerprint density at radius 3 is 2.36 bits per heavy atom. The molecule has 2 fully saturated rings. The van der Waals surface area contributed by atoms with Gasteiger partial charge >= 0.3 is 0 Å². The van der Waals surface area contributed by atoms with Gasteiger partial charge in [0.1, 0.15) is 11.5 Å². The zero-order chi connectivity index (χ0) is 18.0. The number of carbonyl (C=O) groups excluding carboxylic acids is 2. The zero-order valence-corrected chi connectivity index (χ0v) is 15.5. The highest BCUT2D eigenvalue weighted by Gasteiger charge is 2.34. The van der Waals surface area contributed by atoms with Crippen molar-refractivity contribution in [2.75, 3.05) is 38.8 Å². The number of benzene rings is 1. The third-order valence-electron chi connectivity index (χ3n) is 4.45. The molecule has 2 aliphatic heterocycles. The summed E-state index contributed by atoms with van der Waals surface area (Å²) in [6.45, 7) is 4.15. The lowest BCUT2D eigenvalue weighted by Gasteiger charge is -2.22. The normalized spacial score (nSPS) is 19.2. The average molecular weight is 362 g/mol. The van der Waals surface area contributed by atoms with E-state index in [1.807, 2.05) is 12.1 Å². The second kappa shape index (κ2) is 7.39. The van der Waals surface area contributed by atoms with Gasteiger partial charge in [0.2, 0.25) is 0 Å². The van der Waals surface area contributed by atoms with Crippen molar-refractivity contribution in [3.63, 3.8) is 0 Å². The zero-order valence-electron chi connectivity index (χ0n) is 14.7. The van der Waals surface area contributed by atoms with E-state index in [9.17, 15) is 9.59 Å². The van der Waals surface area contributed by atoms with Crippen LogP contribution in [0.2, 0.25) is 0 Å². The Labute approximate surface area is 151 Å². The lowest BCUT2D eigenvalue weighted by atomic mass is 10.1. The second-order valence-electron chi connectivity index (χ2n) is 5.89. The molecule has 2 saturated heterocycles. The number of nitrogens with zero attached hydrogens (tertiary/aromatic N) is 2. The number of hydrogen-bond donors (Lipinski definition) is 0. The summed E-state index contributed by atoms with van der Waals surface area (Å²) in [5.74, 6) is 1.14. The van der Waals surface area contributed by atoms with Gasteiger partial charge in [0.15, 0.2) is 0 Å². The standard InChI is InChI=1S/C18H22N2O4S/c1-4-20-17(21)16(25-18(20)22)10-12-9-15(24-3)13(11-14(12)23-2)19-7-5-6-8-19/h9-11H,4-8H2,1-3H3. The van der Waals surface area contributed by atoms with E-state index in [0.717, 1.165) is 54.7 Å². The number of imide groups is 1. The first-order valence-corrected chi connectivity index (χ1v) is 9.17. The summed E-state index contributed by atoms with van der Waals surface area (Å²) in [5.41, 5.74) is 1.72. The summed E-state index contributed by atoms with van der Waals surface area (Å²) in [6, 6.07) is 3.81. The van der Waals surface area contributed by atoms with Crippen LogP contribution in [0.1, 0.15) is 25.3 Å². The van der Waals surface area contributed by atoms with Crippen LogP contribution >= 0.6 is 11.8 Å². The Morgan fingerprint density at radius 2 is 1.80 bits per heavy atom.